The van der Waals surface area contributed by atoms with Crippen molar-refractivity contribution in [3.8, 4) is 0 Å². The molecule has 7 heteroatoms. The normalized spacial score (nSPS) is 18.8. The van der Waals surface area contributed by atoms with Gasteiger partial charge in [0.1, 0.15) is 0 Å². The quantitative estimate of drug-likeness (QED) is 0.770. The van der Waals surface area contributed by atoms with Crippen molar-refractivity contribution in [1.29, 1.82) is 0 Å². The fourth-order valence-electron chi connectivity index (χ4n) is 3.49. The number of ketones is 1. The molecule has 1 aliphatic heterocycles. The third kappa shape index (κ3) is 4.77. The summed E-state index contributed by atoms with van der Waals surface area (Å²) < 4.78 is 38.7. The van der Waals surface area contributed by atoms with E-state index >= 15 is 0 Å². The molecule has 0 spiro atoms. The third-order valence-corrected chi connectivity index (χ3v) is 4.99. The smallest absolute Gasteiger partial charge is 0.297 e. The Balaban J connectivity index is 1.67. The minimum atomic E-state index is -4.44. The van der Waals surface area contributed by atoms with Gasteiger partial charge in [0.25, 0.3) is 0 Å². The zero-order valence-electron chi connectivity index (χ0n) is 15.5. The van der Waals surface area contributed by atoms with E-state index in [-0.39, 0.29) is 17.3 Å². The van der Waals surface area contributed by atoms with Crippen molar-refractivity contribution in [3.05, 3.63) is 52.8 Å². The number of nitrogens with zero attached hydrogens (tertiary/aromatic N) is 2. The highest BCUT2D eigenvalue weighted by Gasteiger charge is 2.32. The predicted octanol–water partition coefficient (Wildman–Crippen LogP) is 4.65. The van der Waals surface area contributed by atoms with Crippen LogP contribution in [0.15, 0.2) is 30.3 Å². The lowest BCUT2D eigenvalue weighted by Crippen LogP contribution is -2.38. The van der Waals surface area contributed by atoms with Crippen LogP contribution in [-0.4, -0.2) is 34.0 Å². The van der Waals surface area contributed by atoms with Crippen molar-refractivity contribution in [3.63, 3.8) is 0 Å². The van der Waals surface area contributed by atoms with Crippen LogP contribution in [0.2, 0.25) is 0 Å². The third-order valence-electron chi connectivity index (χ3n) is 4.99. The van der Waals surface area contributed by atoms with Gasteiger partial charge in [0.05, 0.1) is 11.3 Å². The van der Waals surface area contributed by atoms with Crippen LogP contribution in [0.3, 0.4) is 0 Å². The summed E-state index contributed by atoms with van der Waals surface area (Å²) in [7, 11) is 0. The Hall–Kier alpha value is -2.15. The summed E-state index contributed by atoms with van der Waals surface area (Å²) >= 11 is 0. The second-order valence-electron chi connectivity index (χ2n) is 7.49. The van der Waals surface area contributed by atoms with Crippen LogP contribution < -0.4 is 0 Å². The summed E-state index contributed by atoms with van der Waals surface area (Å²) in [5, 5.41) is 7.32. The number of hydrogen-bond acceptors (Lipinski definition) is 3. The molecule has 2 aromatic rings. The van der Waals surface area contributed by atoms with E-state index in [0.717, 1.165) is 36.5 Å². The largest absolute Gasteiger partial charge is 0.416 e. The lowest BCUT2D eigenvalue weighted by atomic mass is 9.89. The summed E-state index contributed by atoms with van der Waals surface area (Å²) in [6, 6.07) is 6.76. The topological polar surface area (TPSA) is 49.0 Å². The van der Waals surface area contributed by atoms with Crippen LogP contribution >= 0.6 is 0 Å². The molecule has 0 bridgehead atoms. The van der Waals surface area contributed by atoms with Gasteiger partial charge in [-0.15, -0.1) is 0 Å². The Kier molecular flexibility index (Phi) is 5.69. The van der Waals surface area contributed by atoms with Gasteiger partial charge in [0.2, 0.25) is 0 Å². The Bertz CT molecular complexity index is 798. The van der Waals surface area contributed by atoms with Crippen LogP contribution in [0.25, 0.3) is 0 Å². The lowest BCUT2D eigenvalue weighted by molar-refractivity contribution is -0.137. The molecule has 3 rings (SSSR count). The Labute approximate surface area is 156 Å². The molecule has 0 radical (unpaired) electrons. The number of rotatable bonds is 5. The van der Waals surface area contributed by atoms with E-state index in [4.69, 9.17) is 0 Å². The number of alkyl halides is 3. The zero-order valence-corrected chi connectivity index (χ0v) is 15.5. The molecule has 0 saturated carbocycles. The van der Waals surface area contributed by atoms with E-state index in [2.05, 4.69) is 28.9 Å². The minimum absolute atomic E-state index is 0.139. The number of aromatic amines is 1. The van der Waals surface area contributed by atoms with Gasteiger partial charge >= 0.3 is 6.18 Å². The van der Waals surface area contributed by atoms with Gasteiger partial charge in [0.15, 0.2) is 5.78 Å². The average molecular weight is 379 g/mol. The highest BCUT2D eigenvalue weighted by molar-refractivity contribution is 5.98. The lowest BCUT2D eigenvalue weighted by Gasteiger charge is -2.31. The van der Waals surface area contributed by atoms with E-state index < -0.39 is 11.7 Å². The highest BCUT2D eigenvalue weighted by Crippen LogP contribution is 2.31. The average Bonchev–Trinajstić information content (AvgIpc) is 3.09. The standard InChI is InChI=1S/C20H24F3N3O/c1-13(2)18-10-17(24-25-18)12-26-8-4-6-15(11-26)19(27)14-5-3-7-16(9-14)20(21,22)23/h3,5,7,9-10,13,15H,4,6,8,11-12H2,1-2H3,(H,24,25). The molecule has 1 aromatic heterocycles. The van der Waals surface area contributed by atoms with Crippen molar-refractivity contribution in [2.75, 3.05) is 13.1 Å². The second kappa shape index (κ2) is 7.84. The summed E-state index contributed by atoms with van der Waals surface area (Å²) in [5.74, 6) is -0.153. The maximum Gasteiger partial charge on any atom is 0.416 e. The minimum Gasteiger partial charge on any atom is -0.297 e. The number of piperidine rings is 1. The molecule has 146 valence electrons. The van der Waals surface area contributed by atoms with Gasteiger partial charge in [-0.3, -0.25) is 14.8 Å². The summed E-state index contributed by atoms with van der Waals surface area (Å²) in [6.07, 6.45) is -2.89. The van der Waals surface area contributed by atoms with E-state index in [1.54, 1.807) is 0 Å². The molecule has 2 heterocycles. The van der Waals surface area contributed by atoms with Gasteiger partial charge in [-0.2, -0.15) is 18.3 Å². The number of likely N-dealkylation sites (tertiary alicyclic amines) is 1. The fourth-order valence-corrected chi connectivity index (χ4v) is 3.49. The van der Waals surface area contributed by atoms with Crippen molar-refractivity contribution >= 4 is 5.78 Å². The summed E-state index contributed by atoms with van der Waals surface area (Å²) in [6.45, 7) is 6.22. The van der Waals surface area contributed by atoms with Crippen LogP contribution in [0.4, 0.5) is 13.2 Å². The monoisotopic (exact) mass is 379 g/mol. The molecule has 1 saturated heterocycles. The van der Waals surface area contributed by atoms with Crippen molar-refractivity contribution in [2.45, 2.75) is 45.3 Å². The number of Topliss-reactive ketones (excluding diaryl/α,β-unsaturated/α-hetero) is 1. The predicted molar refractivity (Wildman–Crippen MR) is 96.5 cm³/mol. The first-order chi connectivity index (χ1) is 12.7. The molecule has 0 amide bonds. The number of halogens is 3. The summed E-state index contributed by atoms with van der Waals surface area (Å²) in [5.41, 5.74) is 1.35. The fraction of sp³-hybridized carbons (Fsp3) is 0.500. The molecule has 1 unspecified atom stereocenters. The SMILES string of the molecule is CC(C)c1cc(CN2CCCC(C(=O)c3cccc(C(F)(F)F)c3)C2)[nH]n1. The second-order valence-corrected chi connectivity index (χ2v) is 7.49. The van der Waals surface area contributed by atoms with Crippen molar-refractivity contribution in [2.24, 2.45) is 5.92 Å². The van der Waals surface area contributed by atoms with Crippen molar-refractivity contribution in [1.82, 2.24) is 15.1 Å². The highest BCUT2D eigenvalue weighted by atomic mass is 19.4. The van der Waals surface area contributed by atoms with Crippen LogP contribution in [0.5, 0.6) is 0 Å². The molecular formula is C20H24F3N3O. The first-order valence-electron chi connectivity index (χ1n) is 9.22. The Morgan fingerprint density at radius 2 is 2.11 bits per heavy atom. The molecule has 27 heavy (non-hydrogen) atoms. The number of carbonyl (C=O) groups excluding carboxylic acids is 1. The maximum absolute atomic E-state index is 12.9. The van der Waals surface area contributed by atoms with Gasteiger partial charge in [-0.05, 0) is 43.5 Å². The molecule has 1 aromatic carbocycles. The molecule has 0 aliphatic carbocycles. The zero-order chi connectivity index (χ0) is 19.6. The Morgan fingerprint density at radius 1 is 1.33 bits per heavy atom. The summed E-state index contributed by atoms with van der Waals surface area (Å²) in [4.78, 5) is 14.9. The molecule has 1 atom stereocenters. The first kappa shape index (κ1) is 19.6. The van der Waals surface area contributed by atoms with Crippen LogP contribution in [0.1, 0.15) is 59.9 Å². The van der Waals surface area contributed by atoms with Crippen molar-refractivity contribution < 1.29 is 18.0 Å². The van der Waals surface area contributed by atoms with E-state index in [1.165, 1.54) is 12.1 Å². The number of hydrogen-bond donors (Lipinski definition) is 1. The van der Waals surface area contributed by atoms with E-state index in [1.807, 2.05) is 6.07 Å². The van der Waals surface area contributed by atoms with Gasteiger partial charge in [-0.1, -0.05) is 26.0 Å². The van der Waals surface area contributed by atoms with E-state index in [0.29, 0.717) is 25.4 Å². The number of carbonyl (C=O) groups is 1. The number of nitrogens with one attached hydrogen (secondary N) is 1. The van der Waals surface area contributed by atoms with Crippen LogP contribution in [-0.2, 0) is 12.7 Å². The number of H-pyrrole nitrogens is 1. The maximum atomic E-state index is 12.9. The Morgan fingerprint density at radius 3 is 2.78 bits per heavy atom. The molecule has 1 N–H and O–H groups in total. The van der Waals surface area contributed by atoms with Gasteiger partial charge < -0.3 is 0 Å². The molecule has 1 aliphatic rings. The number of aromatic nitrogens is 2. The number of benzene rings is 1. The molecule has 4 nitrogen and oxygen atoms in total. The van der Waals surface area contributed by atoms with E-state index in [9.17, 15) is 18.0 Å². The van der Waals surface area contributed by atoms with Crippen LogP contribution in [0, 0.1) is 5.92 Å². The van der Waals surface area contributed by atoms with Gasteiger partial charge in [-0.25, -0.2) is 0 Å². The molecule has 1 fully saturated rings. The first-order valence-corrected chi connectivity index (χ1v) is 9.22. The van der Waals surface area contributed by atoms with Gasteiger partial charge in [0, 0.05) is 30.3 Å². The molecular weight excluding hydrogens is 355 g/mol.